The molecule has 0 atom stereocenters. The predicted octanol–water partition coefficient (Wildman–Crippen LogP) is 4.02. The third kappa shape index (κ3) is 9.48. The van der Waals surface area contributed by atoms with Crippen LogP contribution in [0.5, 0.6) is 5.75 Å². The van der Waals surface area contributed by atoms with Crippen molar-refractivity contribution in [2.45, 2.75) is 57.4 Å². The van der Waals surface area contributed by atoms with Crippen LogP contribution in [-0.4, -0.2) is 90.2 Å². The van der Waals surface area contributed by atoms with Gasteiger partial charge in [0.25, 0.3) is 0 Å². The number of carbonyl (C=O) groups excluding carboxylic acids is 1. The number of alkyl halides is 3. The molecule has 4 rings (SSSR count). The van der Waals surface area contributed by atoms with Crippen LogP contribution in [0.25, 0.3) is 0 Å². The number of carbonyl (C=O) groups is 2. The summed E-state index contributed by atoms with van der Waals surface area (Å²) < 4.78 is 70.2. The second-order valence-electron chi connectivity index (χ2n) is 10.6. The summed E-state index contributed by atoms with van der Waals surface area (Å²) in [6.45, 7) is 6.89. The van der Waals surface area contributed by atoms with Crippen molar-refractivity contribution in [3.05, 3.63) is 70.4 Å². The Balaban J connectivity index is 0.000000707. The summed E-state index contributed by atoms with van der Waals surface area (Å²) in [5, 5.41) is 14.9. The molecule has 0 saturated carbocycles. The number of benzene rings is 2. The van der Waals surface area contributed by atoms with E-state index in [4.69, 9.17) is 19.1 Å². The average molecular weight is 656 g/mol. The number of rotatable bonds is 10. The number of aliphatic carboxylic acids is 1. The van der Waals surface area contributed by atoms with E-state index in [9.17, 15) is 26.4 Å². The fraction of sp³-hybridized carbons (Fsp3) is 0.448. The van der Waals surface area contributed by atoms with Crippen LogP contribution >= 0.6 is 0 Å². The average Bonchev–Trinajstić information content (AvgIpc) is 3.65. The minimum atomic E-state index is -5.08. The molecule has 1 N–H and O–H groups in total. The van der Waals surface area contributed by atoms with Crippen molar-refractivity contribution in [3.8, 4) is 5.75 Å². The van der Waals surface area contributed by atoms with E-state index >= 15 is 0 Å². The molecule has 16 heteroatoms. The first-order valence-corrected chi connectivity index (χ1v) is 15.3. The Morgan fingerprint density at radius 1 is 1.00 bits per heavy atom. The maximum atomic E-state index is 13.3. The number of halogens is 3. The lowest BCUT2D eigenvalue weighted by molar-refractivity contribution is -0.192. The minimum absolute atomic E-state index is 0.0305. The molecule has 1 aliphatic heterocycles. The highest BCUT2D eigenvalue weighted by atomic mass is 32.2. The zero-order valence-corrected chi connectivity index (χ0v) is 26.4. The Kier molecular flexibility index (Phi) is 11.7. The standard InChI is InChI=1S/C27H35N5O5S.C2HF3O2/c1-19-14-23(36-5)15-20(2)25(19)38(34,35)31(4)18-24-28-29-26(37-24)27(33)30(3)16-21-8-10-22(11-9-21)17-32-12-6-7-13-32;3-2(4,5)1(6)7/h8-11,14-15H,6-7,12-13,16-18H2,1-5H3;(H,6,7). The number of aromatic nitrogens is 2. The van der Waals surface area contributed by atoms with Gasteiger partial charge < -0.3 is 19.2 Å². The van der Waals surface area contributed by atoms with E-state index < -0.39 is 28.1 Å². The summed E-state index contributed by atoms with van der Waals surface area (Å²) in [5.74, 6) is -2.76. The minimum Gasteiger partial charge on any atom is -0.497 e. The number of methoxy groups -OCH3 is 1. The van der Waals surface area contributed by atoms with Gasteiger partial charge in [0.2, 0.25) is 15.9 Å². The van der Waals surface area contributed by atoms with Gasteiger partial charge in [0.15, 0.2) is 0 Å². The molecule has 45 heavy (non-hydrogen) atoms. The molecule has 3 aromatic rings. The van der Waals surface area contributed by atoms with Gasteiger partial charge in [0.1, 0.15) is 5.75 Å². The number of amides is 1. The maximum Gasteiger partial charge on any atom is 0.490 e. The van der Waals surface area contributed by atoms with E-state index in [0.717, 1.165) is 29.5 Å². The summed E-state index contributed by atoms with van der Waals surface area (Å²) in [7, 11) is 0.780. The SMILES string of the molecule is COc1cc(C)c(S(=O)(=O)N(C)Cc2nnc(C(=O)N(C)Cc3ccc(CN4CCCC4)cc3)o2)c(C)c1.O=C(O)C(F)(F)F. The van der Waals surface area contributed by atoms with Gasteiger partial charge in [-0.15, -0.1) is 10.2 Å². The Labute approximate surface area is 259 Å². The van der Waals surface area contributed by atoms with Crippen LogP contribution in [-0.2, 0) is 34.5 Å². The number of hydrogen-bond donors (Lipinski definition) is 1. The molecule has 0 aliphatic carbocycles. The zero-order chi connectivity index (χ0) is 33.5. The smallest absolute Gasteiger partial charge is 0.490 e. The van der Waals surface area contributed by atoms with Crippen molar-refractivity contribution in [2.75, 3.05) is 34.3 Å². The summed E-state index contributed by atoms with van der Waals surface area (Å²) in [6.07, 6.45) is -2.56. The number of hydrogen-bond acceptors (Lipinski definition) is 9. The van der Waals surface area contributed by atoms with Crippen molar-refractivity contribution >= 4 is 21.9 Å². The van der Waals surface area contributed by atoms with Gasteiger partial charge in [0, 0.05) is 27.2 Å². The largest absolute Gasteiger partial charge is 0.497 e. The lowest BCUT2D eigenvalue weighted by Gasteiger charge is -2.19. The van der Waals surface area contributed by atoms with E-state index in [0.29, 0.717) is 23.4 Å². The Hall–Kier alpha value is -4.02. The van der Waals surface area contributed by atoms with Crippen LogP contribution in [0, 0.1) is 13.8 Å². The van der Waals surface area contributed by atoms with Gasteiger partial charge in [-0.3, -0.25) is 9.69 Å². The summed E-state index contributed by atoms with van der Waals surface area (Å²) in [6, 6.07) is 11.6. The Bertz CT molecular complexity index is 1570. The molecule has 0 spiro atoms. The van der Waals surface area contributed by atoms with Gasteiger partial charge in [-0.05, 0) is 74.2 Å². The van der Waals surface area contributed by atoms with Gasteiger partial charge in [-0.1, -0.05) is 24.3 Å². The van der Waals surface area contributed by atoms with Crippen molar-refractivity contribution < 1.29 is 45.4 Å². The highest BCUT2D eigenvalue weighted by Crippen LogP contribution is 2.28. The molecule has 246 valence electrons. The van der Waals surface area contributed by atoms with Gasteiger partial charge >= 0.3 is 23.9 Å². The second-order valence-corrected chi connectivity index (χ2v) is 12.6. The molecular weight excluding hydrogens is 619 g/mol. The molecule has 12 nitrogen and oxygen atoms in total. The number of nitrogens with zero attached hydrogens (tertiary/aromatic N) is 5. The Morgan fingerprint density at radius 3 is 2.04 bits per heavy atom. The van der Waals surface area contributed by atoms with E-state index in [2.05, 4.69) is 27.2 Å². The highest BCUT2D eigenvalue weighted by Gasteiger charge is 2.38. The van der Waals surface area contributed by atoms with E-state index in [1.54, 1.807) is 33.0 Å². The van der Waals surface area contributed by atoms with Crippen LogP contribution in [0.3, 0.4) is 0 Å². The fourth-order valence-corrected chi connectivity index (χ4v) is 6.25. The van der Waals surface area contributed by atoms with Crippen molar-refractivity contribution in [3.63, 3.8) is 0 Å². The molecule has 2 aromatic carbocycles. The Morgan fingerprint density at radius 2 is 1.53 bits per heavy atom. The summed E-state index contributed by atoms with van der Waals surface area (Å²) >= 11 is 0. The monoisotopic (exact) mass is 655 g/mol. The molecule has 2 heterocycles. The normalized spacial score (nSPS) is 13.8. The van der Waals surface area contributed by atoms with E-state index in [1.807, 2.05) is 12.1 Å². The molecule has 1 aliphatic rings. The quantitative estimate of drug-likeness (QED) is 0.340. The van der Waals surface area contributed by atoms with Gasteiger partial charge in [-0.25, -0.2) is 13.2 Å². The predicted molar refractivity (Wildman–Crippen MR) is 156 cm³/mol. The first-order valence-electron chi connectivity index (χ1n) is 13.8. The zero-order valence-electron chi connectivity index (χ0n) is 25.6. The lowest BCUT2D eigenvalue weighted by Crippen LogP contribution is -2.28. The van der Waals surface area contributed by atoms with Crippen LogP contribution in [0.15, 0.2) is 45.7 Å². The maximum absolute atomic E-state index is 13.3. The number of sulfonamides is 1. The highest BCUT2D eigenvalue weighted by molar-refractivity contribution is 7.89. The molecule has 1 fully saturated rings. The molecule has 1 saturated heterocycles. The third-order valence-electron chi connectivity index (χ3n) is 6.98. The molecular formula is C29H36F3N5O7S. The number of ether oxygens (including phenoxy) is 1. The van der Waals surface area contributed by atoms with E-state index in [-0.39, 0.29) is 23.2 Å². The third-order valence-corrected chi connectivity index (χ3v) is 9.09. The van der Waals surface area contributed by atoms with Crippen LogP contribution in [0.2, 0.25) is 0 Å². The fourth-order valence-electron chi connectivity index (χ4n) is 4.73. The van der Waals surface area contributed by atoms with Gasteiger partial charge in [-0.2, -0.15) is 17.5 Å². The van der Waals surface area contributed by atoms with Crippen molar-refractivity contribution in [1.29, 1.82) is 0 Å². The molecule has 1 amide bonds. The number of aryl methyl sites for hydroxylation is 2. The lowest BCUT2D eigenvalue weighted by atomic mass is 10.1. The topological polar surface area (TPSA) is 146 Å². The summed E-state index contributed by atoms with van der Waals surface area (Å²) in [5.41, 5.74) is 3.38. The van der Waals surface area contributed by atoms with Crippen LogP contribution in [0.1, 0.15) is 51.7 Å². The van der Waals surface area contributed by atoms with Crippen LogP contribution in [0.4, 0.5) is 13.2 Å². The molecule has 0 bridgehead atoms. The van der Waals surface area contributed by atoms with Gasteiger partial charge in [0.05, 0.1) is 18.6 Å². The second kappa shape index (κ2) is 14.8. The number of likely N-dealkylation sites (tertiary alicyclic amines) is 1. The molecule has 0 unspecified atom stereocenters. The number of carboxylic acids is 1. The first-order chi connectivity index (χ1) is 21.0. The van der Waals surface area contributed by atoms with Crippen molar-refractivity contribution in [1.82, 2.24) is 24.3 Å². The molecule has 1 aromatic heterocycles. The van der Waals surface area contributed by atoms with Crippen molar-refractivity contribution in [2.24, 2.45) is 0 Å². The molecule has 0 radical (unpaired) electrons. The van der Waals surface area contributed by atoms with Crippen LogP contribution < -0.4 is 4.74 Å². The van der Waals surface area contributed by atoms with E-state index in [1.165, 1.54) is 37.5 Å². The summed E-state index contributed by atoms with van der Waals surface area (Å²) in [4.78, 5) is 25.9. The first kappa shape index (κ1) is 35.5. The number of carboxylic acid groups (broad SMARTS) is 1.